The van der Waals surface area contributed by atoms with Crippen LogP contribution in [0.15, 0.2) is 72.8 Å². The lowest BCUT2D eigenvalue weighted by Crippen LogP contribution is -2.42. The molecule has 0 saturated carbocycles. The van der Waals surface area contributed by atoms with E-state index in [2.05, 4.69) is 12.2 Å². The largest absolute Gasteiger partial charge is 0.494 e. The summed E-state index contributed by atoms with van der Waals surface area (Å²) in [5, 5.41) is 12.1. The molecule has 200 valence electrons. The number of hydrogen-bond acceptors (Lipinski definition) is 6. The lowest BCUT2D eigenvalue weighted by molar-refractivity contribution is -0.139. The molecule has 8 nitrogen and oxygen atoms in total. The van der Waals surface area contributed by atoms with Crippen LogP contribution in [0.2, 0.25) is 0 Å². The highest BCUT2D eigenvalue weighted by Gasteiger charge is 2.21. The molecule has 0 aromatic heterocycles. The minimum absolute atomic E-state index is 0.0599. The topological polar surface area (TPSA) is 128 Å². The number of nitrogens with two attached hydrogens (primary N) is 1. The quantitative estimate of drug-likeness (QED) is 0.115. The highest BCUT2D eigenvalue weighted by molar-refractivity contribution is 5.97. The van der Waals surface area contributed by atoms with Gasteiger partial charge in [0.25, 0.3) is 5.91 Å². The zero-order valence-corrected chi connectivity index (χ0v) is 21.5. The van der Waals surface area contributed by atoms with Crippen molar-refractivity contribution in [1.82, 2.24) is 5.32 Å². The van der Waals surface area contributed by atoms with Gasteiger partial charge in [0.1, 0.15) is 17.5 Å². The van der Waals surface area contributed by atoms with Gasteiger partial charge in [-0.25, -0.2) is 9.59 Å². The monoisotopic (exact) mass is 518 g/mol. The molecule has 3 rings (SSSR count). The number of rotatable bonds is 14. The maximum Gasteiger partial charge on any atom is 0.343 e. The highest BCUT2D eigenvalue weighted by Crippen LogP contribution is 2.18. The third-order valence-corrected chi connectivity index (χ3v) is 5.96. The Morgan fingerprint density at radius 1 is 0.816 bits per heavy atom. The molecule has 0 spiro atoms. The number of nitrogens with one attached hydrogen (secondary N) is 1. The van der Waals surface area contributed by atoms with E-state index in [-0.39, 0.29) is 6.42 Å². The Labute approximate surface area is 222 Å². The van der Waals surface area contributed by atoms with Crippen LogP contribution in [0.25, 0.3) is 0 Å². The smallest absolute Gasteiger partial charge is 0.343 e. The number of amides is 1. The molecule has 0 aliphatic heterocycles. The van der Waals surface area contributed by atoms with Crippen molar-refractivity contribution in [2.45, 2.75) is 51.5 Å². The van der Waals surface area contributed by atoms with Gasteiger partial charge in [0.15, 0.2) is 0 Å². The Morgan fingerprint density at radius 3 is 2.05 bits per heavy atom. The van der Waals surface area contributed by atoms with Crippen molar-refractivity contribution in [2.75, 3.05) is 12.3 Å². The van der Waals surface area contributed by atoms with Crippen LogP contribution < -0.4 is 20.5 Å². The molecule has 0 heterocycles. The van der Waals surface area contributed by atoms with E-state index in [4.69, 9.17) is 15.2 Å². The van der Waals surface area contributed by atoms with E-state index in [0.717, 1.165) is 12.8 Å². The van der Waals surface area contributed by atoms with Crippen molar-refractivity contribution in [3.63, 3.8) is 0 Å². The van der Waals surface area contributed by atoms with Crippen LogP contribution in [0.3, 0.4) is 0 Å². The molecule has 0 radical (unpaired) electrons. The van der Waals surface area contributed by atoms with Crippen LogP contribution in [0.5, 0.6) is 11.5 Å². The second kappa shape index (κ2) is 14.4. The van der Waals surface area contributed by atoms with Gasteiger partial charge in [-0.15, -0.1) is 0 Å². The van der Waals surface area contributed by atoms with E-state index in [9.17, 15) is 19.5 Å². The zero-order valence-electron chi connectivity index (χ0n) is 21.5. The van der Waals surface area contributed by atoms with E-state index in [1.165, 1.54) is 31.4 Å². The number of carboxylic acids is 1. The minimum atomic E-state index is -1.16. The number of ether oxygens (including phenoxy) is 2. The summed E-state index contributed by atoms with van der Waals surface area (Å²) in [6.45, 7) is 2.83. The molecule has 0 unspecified atom stereocenters. The lowest BCUT2D eigenvalue weighted by atomic mass is 10.1. The minimum Gasteiger partial charge on any atom is -0.494 e. The van der Waals surface area contributed by atoms with Crippen LogP contribution in [0.4, 0.5) is 5.69 Å². The van der Waals surface area contributed by atoms with E-state index in [1.807, 2.05) is 0 Å². The number of hydrogen-bond donors (Lipinski definition) is 3. The maximum atomic E-state index is 12.5. The summed E-state index contributed by atoms with van der Waals surface area (Å²) < 4.78 is 11.2. The predicted octanol–water partition coefficient (Wildman–Crippen LogP) is 5.26. The first-order valence-electron chi connectivity index (χ1n) is 12.8. The molecule has 1 amide bonds. The van der Waals surface area contributed by atoms with Crippen molar-refractivity contribution < 1.29 is 29.0 Å². The van der Waals surface area contributed by atoms with Crippen molar-refractivity contribution >= 4 is 23.5 Å². The Hall–Kier alpha value is -4.33. The van der Waals surface area contributed by atoms with Crippen molar-refractivity contribution in [2.24, 2.45) is 0 Å². The van der Waals surface area contributed by atoms with Gasteiger partial charge in [-0.1, -0.05) is 44.7 Å². The summed E-state index contributed by atoms with van der Waals surface area (Å²) in [6, 6.07) is 18.4. The fourth-order valence-corrected chi connectivity index (χ4v) is 3.75. The molecule has 0 aliphatic rings. The van der Waals surface area contributed by atoms with Crippen LogP contribution in [-0.2, 0) is 11.2 Å². The van der Waals surface area contributed by atoms with E-state index in [1.54, 1.807) is 60.7 Å². The standard InChI is InChI=1S/C30H34N2O6/c1-2-3-4-5-6-19-37-25-17-11-23(12-18-25)30(36)38-26-15-7-21(8-16-26)20-27(29(34)35)32-28(33)22-9-13-24(31)14-10-22/h7-18,27H,2-6,19-20,31H2,1H3,(H,32,33)(H,34,35)/t27-/m0/s1. The maximum absolute atomic E-state index is 12.5. The average molecular weight is 519 g/mol. The molecule has 0 aliphatic carbocycles. The van der Waals surface area contributed by atoms with Crippen LogP contribution >= 0.6 is 0 Å². The van der Waals surface area contributed by atoms with Gasteiger partial charge in [0.2, 0.25) is 0 Å². The Morgan fingerprint density at radius 2 is 1.42 bits per heavy atom. The van der Waals surface area contributed by atoms with Crippen molar-refractivity contribution in [3.8, 4) is 11.5 Å². The first kappa shape index (κ1) is 28.2. The van der Waals surface area contributed by atoms with Gasteiger partial charge >= 0.3 is 11.9 Å². The molecule has 38 heavy (non-hydrogen) atoms. The molecular weight excluding hydrogens is 484 g/mol. The van der Waals surface area contributed by atoms with E-state index >= 15 is 0 Å². The summed E-state index contributed by atoms with van der Waals surface area (Å²) in [6.07, 6.45) is 5.87. The third-order valence-electron chi connectivity index (χ3n) is 5.96. The van der Waals surface area contributed by atoms with Crippen LogP contribution in [0.1, 0.15) is 65.3 Å². The second-order valence-electron chi connectivity index (χ2n) is 9.01. The highest BCUT2D eigenvalue weighted by atomic mass is 16.5. The molecule has 3 aromatic carbocycles. The van der Waals surface area contributed by atoms with Crippen LogP contribution in [0, 0.1) is 0 Å². The molecule has 1 atom stereocenters. The first-order valence-corrected chi connectivity index (χ1v) is 12.8. The van der Waals surface area contributed by atoms with Gasteiger partial charge in [-0.3, -0.25) is 4.79 Å². The number of carboxylic acid groups (broad SMARTS) is 1. The Kier molecular flexibility index (Phi) is 10.7. The fourth-order valence-electron chi connectivity index (χ4n) is 3.75. The van der Waals surface area contributed by atoms with Gasteiger partial charge in [0.05, 0.1) is 12.2 Å². The number of carbonyl (C=O) groups is 3. The summed E-state index contributed by atoms with van der Waals surface area (Å²) in [5.41, 5.74) is 7.50. The van der Waals surface area contributed by atoms with Gasteiger partial charge < -0.3 is 25.6 Å². The summed E-state index contributed by atoms with van der Waals surface area (Å²) in [4.78, 5) is 36.6. The van der Waals surface area contributed by atoms with E-state index in [0.29, 0.717) is 40.5 Å². The Balaban J connectivity index is 1.50. The fraction of sp³-hybridized carbons (Fsp3) is 0.300. The molecule has 0 bridgehead atoms. The average Bonchev–Trinajstić information content (AvgIpc) is 2.92. The predicted molar refractivity (Wildman–Crippen MR) is 146 cm³/mol. The second-order valence-corrected chi connectivity index (χ2v) is 9.01. The van der Waals surface area contributed by atoms with E-state index < -0.39 is 23.9 Å². The lowest BCUT2D eigenvalue weighted by Gasteiger charge is -2.15. The summed E-state index contributed by atoms with van der Waals surface area (Å²) in [7, 11) is 0. The number of anilines is 1. The van der Waals surface area contributed by atoms with Gasteiger partial charge in [-0.05, 0) is 72.6 Å². The number of esters is 1. The third kappa shape index (κ3) is 8.96. The van der Waals surface area contributed by atoms with Crippen molar-refractivity contribution in [3.05, 3.63) is 89.5 Å². The summed E-state index contributed by atoms with van der Waals surface area (Å²) >= 11 is 0. The van der Waals surface area contributed by atoms with Gasteiger partial charge in [0, 0.05) is 17.7 Å². The molecule has 0 fully saturated rings. The number of nitrogen functional groups attached to an aromatic ring is 1. The van der Waals surface area contributed by atoms with Gasteiger partial charge in [-0.2, -0.15) is 0 Å². The molecule has 8 heteroatoms. The number of benzene rings is 3. The molecular formula is C30H34N2O6. The van der Waals surface area contributed by atoms with Crippen molar-refractivity contribution in [1.29, 1.82) is 0 Å². The number of carbonyl (C=O) groups excluding carboxylic acids is 2. The van der Waals surface area contributed by atoms with Crippen LogP contribution in [-0.4, -0.2) is 35.6 Å². The zero-order chi connectivity index (χ0) is 27.3. The first-order chi connectivity index (χ1) is 18.4. The molecule has 0 saturated heterocycles. The molecule has 3 aromatic rings. The number of unbranched alkanes of at least 4 members (excludes halogenated alkanes) is 4. The normalized spacial score (nSPS) is 11.4. The molecule has 4 N–H and O–H groups in total. The summed E-state index contributed by atoms with van der Waals surface area (Å²) in [5.74, 6) is -1.15. The Bertz CT molecular complexity index is 1190. The SMILES string of the molecule is CCCCCCCOc1ccc(C(=O)Oc2ccc(C[C@H](NC(=O)c3ccc(N)cc3)C(=O)O)cc2)cc1. The number of aliphatic carboxylic acids is 1.